The second kappa shape index (κ2) is 11.6. The molecule has 2 amide bonds. The van der Waals surface area contributed by atoms with Crippen LogP contribution in [-0.2, 0) is 27.3 Å². The smallest absolute Gasteiger partial charge is 0.243 e. The van der Waals surface area contributed by atoms with Gasteiger partial charge >= 0.3 is 0 Å². The van der Waals surface area contributed by atoms with Gasteiger partial charge in [-0.05, 0) is 42.5 Å². The summed E-state index contributed by atoms with van der Waals surface area (Å²) in [6, 6.07) is 15.1. The lowest BCUT2D eigenvalue weighted by Gasteiger charge is -2.32. The Bertz CT molecular complexity index is 836. The Kier molecular flexibility index (Phi) is 8.59. The molecule has 166 valence electrons. The number of nitrogens with zero attached hydrogens (tertiary/aromatic N) is 1. The molecule has 2 aromatic carbocycles. The first-order chi connectivity index (χ1) is 15.1. The van der Waals surface area contributed by atoms with Gasteiger partial charge in [0.1, 0.15) is 11.9 Å². The van der Waals surface area contributed by atoms with Gasteiger partial charge in [-0.2, -0.15) is 0 Å². The van der Waals surface area contributed by atoms with Crippen LogP contribution in [0.3, 0.4) is 0 Å². The molecule has 1 heterocycles. The van der Waals surface area contributed by atoms with Crippen molar-refractivity contribution in [3.63, 3.8) is 0 Å². The molecule has 0 bridgehead atoms. The number of rotatable bonds is 10. The lowest BCUT2D eigenvalue weighted by atomic mass is 10.0. The van der Waals surface area contributed by atoms with Crippen LogP contribution >= 0.6 is 0 Å². The van der Waals surface area contributed by atoms with Crippen LogP contribution in [0.1, 0.15) is 43.7 Å². The van der Waals surface area contributed by atoms with Gasteiger partial charge in [0.2, 0.25) is 11.8 Å². The predicted octanol–water partition coefficient (Wildman–Crippen LogP) is 3.86. The summed E-state index contributed by atoms with van der Waals surface area (Å²) in [7, 11) is 0. The fourth-order valence-electron chi connectivity index (χ4n) is 3.84. The molecule has 0 aliphatic carbocycles. The van der Waals surface area contributed by atoms with E-state index in [0.29, 0.717) is 25.8 Å². The van der Waals surface area contributed by atoms with E-state index in [0.717, 1.165) is 30.6 Å². The minimum absolute atomic E-state index is 0.0261. The Morgan fingerprint density at radius 3 is 2.52 bits per heavy atom. The highest BCUT2D eigenvalue weighted by atomic mass is 19.1. The molecular weight excluding hydrogens is 395 g/mol. The van der Waals surface area contributed by atoms with Gasteiger partial charge in [-0.1, -0.05) is 49.4 Å². The van der Waals surface area contributed by atoms with Crippen molar-refractivity contribution < 1.29 is 18.7 Å². The Labute approximate surface area is 183 Å². The number of ether oxygens (including phenoxy) is 1. The van der Waals surface area contributed by atoms with Crippen LogP contribution in [0, 0.1) is 5.82 Å². The molecule has 2 aromatic rings. The van der Waals surface area contributed by atoms with Crippen molar-refractivity contribution in [3.05, 3.63) is 71.5 Å². The third-order valence-electron chi connectivity index (χ3n) is 5.53. The number of carbonyl (C=O) groups is 2. The fourth-order valence-corrected chi connectivity index (χ4v) is 3.84. The highest BCUT2D eigenvalue weighted by molar-refractivity contribution is 5.88. The van der Waals surface area contributed by atoms with Gasteiger partial charge in [-0.3, -0.25) is 9.59 Å². The average Bonchev–Trinajstić information content (AvgIpc) is 3.30. The van der Waals surface area contributed by atoms with Gasteiger partial charge in [0.05, 0.1) is 6.10 Å². The van der Waals surface area contributed by atoms with Crippen molar-refractivity contribution in [2.45, 2.75) is 57.7 Å². The number of hydrogen-bond acceptors (Lipinski definition) is 3. The number of carbonyl (C=O) groups excluding carboxylic acids is 2. The summed E-state index contributed by atoms with van der Waals surface area (Å²) in [6.45, 7) is 3.36. The molecule has 1 aliphatic heterocycles. The Morgan fingerprint density at radius 2 is 1.87 bits per heavy atom. The van der Waals surface area contributed by atoms with Crippen LogP contribution in [0.15, 0.2) is 54.6 Å². The zero-order valence-corrected chi connectivity index (χ0v) is 18.1. The van der Waals surface area contributed by atoms with Crippen molar-refractivity contribution >= 4 is 11.8 Å². The van der Waals surface area contributed by atoms with Crippen molar-refractivity contribution in [1.82, 2.24) is 10.2 Å². The summed E-state index contributed by atoms with van der Waals surface area (Å²) in [5.74, 6) is -0.601. The summed E-state index contributed by atoms with van der Waals surface area (Å²) in [5, 5.41) is 3.00. The van der Waals surface area contributed by atoms with Gasteiger partial charge in [0.15, 0.2) is 0 Å². The first-order valence-electron chi connectivity index (χ1n) is 11.0. The van der Waals surface area contributed by atoms with Crippen molar-refractivity contribution in [1.29, 1.82) is 0 Å². The monoisotopic (exact) mass is 426 g/mol. The summed E-state index contributed by atoms with van der Waals surface area (Å²) < 4.78 is 19.0. The molecule has 5 nitrogen and oxygen atoms in total. The third-order valence-corrected chi connectivity index (χ3v) is 5.53. The summed E-state index contributed by atoms with van der Waals surface area (Å²) in [5.41, 5.74) is 1.77. The molecule has 3 rings (SSSR count). The number of hydrogen-bond donors (Lipinski definition) is 1. The molecule has 1 fully saturated rings. The standard InChI is InChI=1S/C25H31FN2O3/c1-2-7-24(29)28(18-20-11-13-21(26)14-12-20)23(16-19-8-4-3-5-9-19)25(30)27-17-22-10-6-15-31-22/h3-5,8-9,11-14,22-23H,2,6-7,10,15-18H2,1H3,(H,27,30). The Balaban J connectivity index is 1.83. The van der Waals surface area contributed by atoms with E-state index in [1.807, 2.05) is 37.3 Å². The second-order valence-corrected chi connectivity index (χ2v) is 7.98. The van der Waals surface area contributed by atoms with Crippen molar-refractivity contribution in [2.24, 2.45) is 0 Å². The number of halogens is 1. The van der Waals surface area contributed by atoms with E-state index in [2.05, 4.69) is 5.32 Å². The van der Waals surface area contributed by atoms with E-state index < -0.39 is 6.04 Å². The van der Waals surface area contributed by atoms with Gasteiger partial charge < -0.3 is 15.0 Å². The average molecular weight is 427 g/mol. The Morgan fingerprint density at radius 1 is 1.13 bits per heavy atom. The lowest BCUT2D eigenvalue weighted by Crippen LogP contribution is -2.51. The maximum Gasteiger partial charge on any atom is 0.243 e. The first kappa shape index (κ1) is 22.9. The molecule has 1 aliphatic rings. The number of benzene rings is 2. The van der Waals surface area contributed by atoms with Crippen molar-refractivity contribution in [3.8, 4) is 0 Å². The van der Waals surface area contributed by atoms with E-state index >= 15 is 0 Å². The number of amides is 2. The molecule has 0 aromatic heterocycles. The normalized spacial score (nSPS) is 16.6. The highest BCUT2D eigenvalue weighted by Crippen LogP contribution is 2.17. The maximum absolute atomic E-state index is 13.4. The Hall–Kier alpha value is -2.73. The molecule has 0 saturated carbocycles. The molecule has 2 unspecified atom stereocenters. The van der Waals surface area contributed by atoms with Crippen LogP contribution in [-0.4, -0.2) is 42.0 Å². The first-order valence-corrected chi connectivity index (χ1v) is 11.0. The predicted molar refractivity (Wildman–Crippen MR) is 118 cm³/mol. The fraction of sp³-hybridized carbons (Fsp3) is 0.440. The van der Waals surface area contributed by atoms with Crippen LogP contribution in [0.5, 0.6) is 0 Å². The van der Waals surface area contributed by atoms with Crippen molar-refractivity contribution in [2.75, 3.05) is 13.2 Å². The largest absolute Gasteiger partial charge is 0.376 e. The van der Waals surface area contributed by atoms with Gasteiger partial charge in [0, 0.05) is 32.5 Å². The van der Waals surface area contributed by atoms with Crippen LogP contribution in [0.25, 0.3) is 0 Å². The maximum atomic E-state index is 13.4. The molecule has 6 heteroatoms. The minimum atomic E-state index is -0.659. The van der Waals surface area contributed by atoms with E-state index in [1.165, 1.54) is 12.1 Å². The molecular formula is C25H31FN2O3. The van der Waals surface area contributed by atoms with Gasteiger partial charge in [-0.25, -0.2) is 4.39 Å². The third kappa shape index (κ3) is 6.89. The topological polar surface area (TPSA) is 58.6 Å². The molecule has 1 saturated heterocycles. The zero-order chi connectivity index (χ0) is 22.1. The van der Waals surface area contributed by atoms with Gasteiger partial charge in [0.25, 0.3) is 0 Å². The minimum Gasteiger partial charge on any atom is -0.376 e. The summed E-state index contributed by atoms with van der Waals surface area (Å²) >= 11 is 0. The van der Waals surface area contributed by atoms with Crippen LogP contribution < -0.4 is 5.32 Å². The highest BCUT2D eigenvalue weighted by Gasteiger charge is 2.30. The van der Waals surface area contributed by atoms with Gasteiger partial charge in [-0.15, -0.1) is 0 Å². The van der Waals surface area contributed by atoms with Crippen LogP contribution in [0.2, 0.25) is 0 Å². The van der Waals surface area contributed by atoms with E-state index in [9.17, 15) is 14.0 Å². The van der Waals surface area contributed by atoms with Crippen LogP contribution in [0.4, 0.5) is 4.39 Å². The molecule has 1 N–H and O–H groups in total. The molecule has 0 radical (unpaired) electrons. The quantitative estimate of drug-likeness (QED) is 0.628. The summed E-state index contributed by atoms with van der Waals surface area (Å²) in [6.07, 6.45) is 3.41. The second-order valence-electron chi connectivity index (χ2n) is 7.98. The summed E-state index contributed by atoms with van der Waals surface area (Å²) in [4.78, 5) is 28.0. The SMILES string of the molecule is CCCC(=O)N(Cc1ccc(F)cc1)C(Cc1ccccc1)C(=O)NCC1CCCO1. The molecule has 31 heavy (non-hydrogen) atoms. The zero-order valence-electron chi connectivity index (χ0n) is 18.1. The van der Waals surface area contributed by atoms with E-state index in [1.54, 1.807) is 17.0 Å². The van der Waals surface area contributed by atoms with E-state index in [-0.39, 0.29) is 30.3 Å². The lowest BCUT2D eigenvalue weighted by molar-refractivity contribution is -0.141. The molecule has 0 spiro atoms. The number of nitrogens with one attached hydrogen (secondary N) is 1. The molecule has 2 atom stereocenters. The van der Waals surface area contributed by atoms with E-state index in [4.69, 9.17) is 4.74 Å².